The number of rotatable bonds is 6. The summed E-state index contributed by atoms with van der Waals surface area (Å²) in [6.07, 6.45) is 4.85. The Bertz CT molecular complexity index is 293. The van der Waals surface area contributed by atoms with Crippen LogP contribution in [-0.4, -0.2) is 21.8 Å². The monoisotopic (exact) mass is 210 g/mol. The van der Waals surface area contributed by atoms with Crippen molar-refractivity contribution in [2.75, 3.05) is 12.4 Å². The van der Waals surface area contributed by atoms with Crippen LogP contribution in [0, 0.1) is 0 Å². The number of nitrogens with zero attached hydrogens (tertiary/aromatic N) is 3. The molecule has 1 unspecified atom stereocenters. The molecule has 0 radical (unpaired) electrons. The van der Waals surface area contributed by atoms with Crippen LogP contribution >= 0.6 is 0 Å². The maximum atomic E-state index is 4.26. The predicted octanol–water partition coefficient (Wildman–Crippen LogP) is 2.54. The molecular formula is C11H22N4. The lowest BCUT2D eigenvalue weighted by Crippen LogP contribution is -2.07. The lowest BCUT2D eigenvalue weighted by molar-refractivity contribution is 0.527. The van der Waals surface area contributed by atoms with Gasteiger partial charge in [0.25, 0.3) is 0 Å². The van der Waals surface area contributed by atoms with Gasteiger partial charge in [-0.25, -0.2) is 0 Å². The molecule has 0 aromatic carbocycles. The maximum absolute atomic E-state index is 4.26. The quantitative estimate of drug-likeness (QED) is 0.784. The van der Waals surface area contributed by atoms with Crippen molar-refractivity contribution in [3.05, 3.63) is 5.82 Å². The second-order valence-electron chi connectivity index (χ2n) is 3.94. The molecule has 0 saturated carbocycles. The average molecular weight is 210 g/mol. The average Bonchev–Trinajstić information content (AvgIpc) is 2.62. The molecule has 1 N–H and O–H groups in total. The van der Waals surface area contributed by atoms with Gasteiger partial charge in [0.15, 0.2) is 0 Å². The smallest absolute Gasteiger partial charge is 0.224 e. The van der Waals surface area contributed by atoms with E-state index in [1.165, 1.54) is 19.3 Å². The first-order chi connectivity index (χ1) is 7.24. The minimum Gasteiger partial charge on any atom is -0.357 e. The van der Waals surface area contributed by atoms with E-state index in [4.69, 9.17) is 0 Å². The molecule has 4 nitrogen and oxygen atoms in total. The summed E-state index contributed by atoms with van der Waals surface area (Å²) in [5.74, 6) is 2.50. The van der Waals surface area contributed by atoms with Crippen LogP contribution in [0.5, 0.6) is 0 Å². The van der Waals surface area contributed by atoms with Crippen LogP contribution in [0.4, 0.5) is 5.95 Å². The summed E-state index contributed by atoms with van der Waals surface area (Å²) >= 11 is 0. The second kappa shape index (κ2) is 5.73. The molecule has 0 fully saturated rings. The van der Waals surface area contributed by atoms with Gasteiger partial charge in [-0.15, -0.1) is 10.2 Å². The number of nitrogens with one attached hydrogen (secondary N) is 1. The molecule has 0 amide bonds. The fraction of sp³-hybridized carbons (Fsp3) is 0.818. The Morgan fingerprint density at radius 2 is 2.07 bits per heavy atom. The van der Waals surface area contributed by atoms with E-state index in [9.17, 15) is 0 Å². The van der Waals surface area contributed by atoms with Gasteiger partial charge in [0.1, 0.15) is 5.82 Å². The van der Waals surface area contributed by atoms with Crippen molar-refractivity contribution in [2.24, 2.45) is 7.05 Å². The Hall–Kier alpha value is -1.06. The Morgan fingerprint density at radius 1 is 1.33 bits per heavy atom. The summed E-state index contributed by atoms with van der Waals surface area (Å²) in [6, 6.07) is 0. The van der Waals surface area contributed by atoms with Gasteiger partial charge in [-0.2, -0.15) is 0 Å². The predicted molar refractivity (Wildman–Crippen MR) is 63.1 cm³/mol. The SMILES string of the molecule is CCCCC(CC)c1nnc(NC)n1C. The third-order valence-corrected chi connectivity index (χ3v) is 2.90. The topological polar surface area (TPSA) is 42.7 Å². The molecule has 1 heterocycles. The zero-order valence-corrected chi connectivity index (χ0v) is 10.2. The molecule has 0 spiro atoms. The van der Waals surface area contributed by atoms with Crippen LogP contribution in [0.1, 0.15) is 51.3 Å². The molecule has 0 bridgehead atoms. The number of hydrogen-bond acceptors (Lipinski definition) is 3. The largest absolute Gasteiger partial charge is 0.357 e. The van der Waals surface area contributed by atoms with Crippen LogP contribution < -0.4 is 5.32 Å². The van der Waals surface area contributed by atoms with E-state index in [1.54, 1.807) is 0 Å². The van der Waals surface area contributed by atoms with E-state index in [-0.39, 0.29) is 0 Å². The highest BCUT2D eigenvalue weighted by Crippen LogP contribution is 2.24. The van der Waals surface area contributed by atoms with E-state index in [0.717, 1.165) is 18.2 Å². The molecule has 0 aliphatic heterocycles. The zero-order valence-electron chi connectivity index (χ0n) is 10.2. The second-order valence-corrected chi connectivity index (χ2v) is 3.94. The summed E-state index contributed by atoms with van der Waals surface area (Å²) in [5.41, 5.74) is 0. The molecule has 0 aliphatic rings. The van der Waals surface area contributed by atoms with Crippen molar-refractivity contribution in [1.29, 1.82) is 0 Å². The molecule has 1 aromatic rings. The van der Waals surface area contributed by atoms with Gasteiger partial charge in [-0.1, -0.05) is 26.7 Å². The van der Waals surface area contributed by atoms with Crippen LogP contribution in [0.25, 0.3) is 0 Å². The zero-order chi connectivity index (χ0) is 11.3. The minimum atomic E-state index is 0.546. The summed E-state index contributed by atoms with van der Waals surface area (Å²) in [6.45, 7) is 4.44. The normalized spacial score (nSPS) is 12.8. The molecule has 1 aromatic heterocycles. The van der Waals surface area contributed by atoms with Crippen LogP contribution in [0.2, 0.25) is 0 Å². The standard InChI is InChI=1S/C11H22N4/c1-5-7-8-9(6-2)10-13-14-11(12-3)15(10)4/h9H,5-8H2,1-4H3,(H,12,14). The summed E-state index contributed by atoms with van der Waals surface area (Å²) in [4.78, 5) is 0. The van der Waals surface area contributed by atoms with Crippen molar-refractivity contribution in [1.82, 2.24) is 14.8 Å². The number of aromatic nitrogens is 3. The van der Waals surface area contributed by atoms with E-state index >= 15 is 0 Å². The number of hydrogen-bond donors (Lipinski definition) is 1. The fourth-order valence-corrected chi connectivity index (χ4v) is 1.88. The lowest BCUT2D eigenvalue weighted by atomic mass is 9.98. The van der Waals surface area contributed by atoms with E-state index < -0.39 is 0 Å². The van der Waals surface area contributed by atoms with Gasteiger partial charge >= 0.3 is 0 Å². The van der Waals surface area contributed by atoms with Gasteiger partial charge in [0, 0.05) is 20.0 Å². The summed E-state index contributed by atoms with van der Waals surface area (Å²) in [5, 5.41) is 11.4. The molecule has 86 valence electrons. The van der Waals surface area contributed by atoms with Gasteiger partial charge in [0.2, 0.25) is 5.95 Å². The minimum absolute atomic E-state index is 0.546. The Morgan fingerprint density at radius 3 is 2.53 bits per heavy atom. The Balaban J connectivity index is 2.77. The molecule has 4 heteroatoms. The van der Waals surface area contributed by atoms with Crippen LogP contribution in [0.3, 0.4) is 0 Å². The molecule has 0 aliphatic carbocycles. The number of anilines is 1. The first kappa shape index (κ1) is 12.0. The third-order valence-electron chi connectivity index (χ3n) is 2.90. The van der Waals surface area contributed by atoms with E-state index in [2.05, 4.69) is 33.9 Å². The maximum Gasteiger partial charge on any atom is 0.224 e. The highest BCUT2D eigenvalue weighted by Gasteiger charge is 2.16. The van der Waals surface area contributed by atoms with Crippen molar-refractivity contribution in [3.63, 3.8) is 0 Å². The first-order valence-electron chi connectivity index (χ1n) is 5.81. The molecule has 0 saturated heterocycles. The lowest BCUT2D eigenvalue weighted by Gasteiger charge is -2.13. The van der Waals surface area contributed by atoms with Crippen molar-refractivity contribution >= 4 is 5.95 Å². The fourth-order valence-electron chi connectivity index (χ4n) is 1.88. The molecule has 1 atom stereocenters. The Labute approximate surface area is 92.1 Å². The highest BCUT2D eigenvalue weighted by molar-refractivity contribution is 5.24. The summed E-state index contributed by atoms with van der Waals surface area (Å²) < 4.78 is 2.06. The summed E-state index contributed by atoms with van der Waals surface area (Å²) in [7, 11) is 3.90. The van der Waals surface area contributed by atoms with Crippen LogP contribution in [0.15, 0.2) is 0 Å². The van der Waals surface area contributed by atoms with Gasteiger partial charge < -0.3 is 9.88 Å². The van der Waals surface area contributed by atoms with Crippen molar-refractivity contribution in [3.8, 4) is 0 Å². The van der Waals surface area contributed by atoms with E-state index in [0.29, 0.717) is 5.92 Å². The molecular weight excluding hydrogens is 188 g/mol. The highest BCUT2D eigenvalue weighted by atomic mass is 15.3. The third kappa shape index (κ3) is 2.70. The van der Waals surface area contributed by atoms with Gasteiger partial charge in [-0.3, -0.25) is 0 Å². The number of unbranched alkanes of at least 4 members (excludes halogenated alkanes) is 1. The van der Waals surface area contributed by atoms with Gasteiger partial charge in [-0.05, 0) is 12.8 Å². The van der Waals surface area contributed by atoms with E-state index in [1.807, 2.05) is 14.1 Å². The molecule has 1 rings (SSSR count). The molecule has 15 heavy (non-hydrogen) atoms. The Kier molecular flexibility index (Phi) is 4.59. The van der Waals surface area contributed by atoms with Crippen LogP contribution in [-0.2, 0) is 7.05 Å². The van der Waals surface area contributed by atoms with Crippen molar-refractivity contribution in [2.45, 2.75) is 45.4 Å². The first-order valence-corrected chi connectivity index (χ1v) is 5.81. The van der Waals surface area contributed by atoms with Gasteiger partial charge in [0.05, 0.1) is 0 Å². The van der Waals surface area contributed by atoms with Crippen molar-refractivity contribution < 1.29 is 0 Å².